The Morgan fingerprint density at radius 1 is 1.30 bits per heavy atom. The molecule has 7 heteroatoms. The van der Waals surface area contributed by atoms with E-state index in [0.717, 1.165) is 42.6 Å². The van der Waals surface area contributed by atoms with E-state index in [1.165, 1.54) is 11.3 Å². The Bertz CT molecular complexity index is 661. The van der Waals surface area contributed by atoms with E-state index in [4.69, 9.17) is 0 Å². The lowest BCUT2D eigenvalue weighted by atomic mass is 10.2. The van der Waals surface area contributed by atoms with Crippen molar-refractivity contribution < 1.29 is 4.79 Å². The van der Waals surface area contributed by atoms with Crippen LogP contribution in [-0.4, -0.2) is 54.0 Å². The molecule has 0 saturated carbocycles. The van der Waals surface area contributed by atoms with E-state index in [1.54, 1.807) is 5.38 Å². The quantitative estimate of drug-likeness (QED) is 0.921. The molecule has 1 N–H and O–H groups in total. The molecule has 0 bridgehead atoms. The van der Waals surface area contributed by atoms with Gasteiger partial charge in [0.15, 0.2) is 0 Å². The lowest BCUT2D eigenvalue weighted by Gasteiger charge is -2.33. The van der Waals surface area contributed by atoms with Crippen LogP contribution in [-0.2, 0) is 6.54 Å². The molecule has 2 aromatic rings. The summed E-state index contributed by atoms with van der Waals surface area (Å²) in [6.07, 6.45) is 1.83. The number of nitrogens with one attached hydrogen (secondary N) is 1. The van der Waals surface area contributed by atoms with E-state index in [-0.39, 0.29) is 5.91 Å². The van der Waals surface area contributed by atoms with Crippen LogP contribution in [0, 0.1) is 6.92 Å². The third-order valence-corrected chi connectivity index (χ3v) is 4.71. The van der Waals surface area contributed by atoms with Gasteiger partial charge in [-0.05, 0) is 25.6 Å². The fourth-order valence-electron chi connectivity index (χ4n) is 2.48. The number of thiazole rings is 1. The number of aryl methyl sites for hydroxylation is 1. The first-order valence-electron chi connectivity index (χ1n) is 7.70. The Morgan fingerprint density at radius 2 is 2.09 bits per heavy atom. The van der Waals surface area contributed by atoms with Crippen molar-refractivity contribution in [2.45, 2.75) is 13.5 Å². The Labute approximate surface area is 140 Å². The molecule has 0 radical (unpaired) electrons. The number of hydrogen-bond donors (Lipinski definition) is 1. The third kappa shape index (κ3) is 4.05. The standard InChI is InChI=1S/C16H21N5OS/c1-12-19-14(11-23-12)16(22)18-10-13-3-4-15(17-9-13)21-7-5-20(2)6-8-21/h3-4,9,11H,5-8,10H2,1-2H3,(H,18,22). The van der Waals surface area contributed by atoms with Gasteiger partial charge in [0, 0.05) is 44.3 Å². The van der Waals surface area contributed by atoms with Crippen LogP contribution in [0.3, 0.4) is 0 Å². The van der Waals surface area contributed by atoms with Crippen LogP contribution in [0.25, 0.3) is 0 Å². The number of carbonyl (C=O) groups excluding carboxylic acids is 1. The second-order valence-electron chi connectivity index (χ2n) is 5.75. The van der Waals surface area contributed by atoms with Gasteiger partial charge in [-0.15, -0.1) is 11.3 Å². The van der Waals surface area contributed by atoms with Gasteiger partial charge in [-0.1, -0.05) is 6.07 Å². The van der Waals surface area contributed by atoms with Gasteiger partial charge >= 0.3 is 0 Å². The molecule has 1 amide bonds. The van der Waals surface area contributed by atoms with Crippen LogP contribution in [0.15, 0.2) is 23.7 Å². The molecular formula is C16H21N5OS. The monoisotopic (exact) mass is 331 g/mol. The number of amides is 1. The molecule has 122 valence electrons. The molecule has 0 aromatic carbocycles. The first kappa shape index (κ1) is 15.9. The topological polar surface area (TPSA) is 61.4 Å². The number of piperazine rings is 1. The minimum absolute atomic E-state index is 0.141. The van der Waals surface area contributed by atoms with Gasteiger partial charge < -0.3 is 15.1 Å². The number of aromatic nitrogens is 2. The van der Waals surface area contributed by atoms with Crippen LogP contribution in [0.4, 0.5) is 5.82 Å². The lowest BCUT2D eigenvalue weighted by molar-refractivity contribution is 0.0946. The zero-order chi connectivity index (χ0) is 16.2. The van der Waals surface area contributed by atoms with Gasteiger partial charge in [-0.3, -0.25) is 4.79 Å². The fourth-order valence-corrected chi connectivity index (χ4v) is 3.08. The van der Waals surface area contributed by atoms with E-state index < -0.39 is 0 Å². The summed E-state index contributed by atoms with van der Waals surface area (Å²) in [6, 6.07) is 4.05. The number of rotatable bonds is 4. The first-order chi connectivity index (χ1) is 11.1. The summed E-state index contributed by atoms with van der Waals surface area (Å²) in [5, 5.41) is 5.55. The minimum Gasteiger partial charge on any atom is -0.354 e. The number of pyridine rings is 1. The SMILES string of the molecule is Cc1nc(C(=O)NCc2ccc(N3CCN(C)CC3)nc2)cs1. The van der Waals surface area contributed by atoms with Crippen molar-refractivity contribution in [3.8, 4) is 0 Å². The fraction of sp³-hybridized carbons (Fsp3) is 0.438. The molecule has 1 saturated heterocycles. The van der Waals surface area contributed by atoms with Crippen molar-refractivity contribution in [1.82, 2.24) is 20.2 Å². The zero-order valence-corrected chi connectivity index (χ0v) is 14.3. The minimum atomic E-state index is -0.141. The molecule has 2 aromatic heterocycles. The van der Waals surface area contributed by atoms with E-state index in [2.05, 4.69) is 32.1 Å². The van der Waals surface area contributed by atoms with Gasteiger partial charge in [-0.2, -0.15) is 0 Å². The number of likely N-dealkylation sites (N-methyl/N-ethyl adjacent to an activating group) is 1. The molecule has 6 nitrogen and oxygen atoms in total. The molecule has 1 fully saturated rings. The van der Waals surface area contributed by atoms with Crippen LogP contribution in [0.5, 0.6) is 0 Å². The highest BCUT2D eigenvalue weighted by Crippen LogP contribution is 2.14. The lowest BCUT2D eigenvalue weighted by Crippen LogP contribution is -2.44. The van der Waals surface area contributed by atoms with Gasteiger partial charge in [0.2, 0.25) is 0 Å². The Kier molecular flexibility index (Phi) is 4.88. The molecule has 3 rings (SSSR count). The highest BCUT2D eigenvalue weighted by Gasteiger charge is 2.15. The zero-order valence-electron chi connectivity index (χ0n) is 13.5. The normalized spacial score (nSPS) is 15.7. The average molecular weight is 331 g/mol. The highest BCUT2D eigenvalue weighted by molar-refractivity contribution is 7.09. The highest BCUT2D eigenvalue weighted by atomic mass is 32.1. The third-order valence-electron chi connectivity index (χ3n) is 3.94. The summed E-state index contributed by atoms with van der Waals surface area (Å²) in [5.74, 6) is 0.862. The molecule has 0 atom stereocenters. The molecule has 23 heavy (non-hydrogen) atoms. The van der Waals surface area contributed by atoms with Crippen molar-refractivity contribution in [1.29, 1.82) is 0 Å². The van der Waals surface area contributed by atoms with Gasteiger partial charge in [0.1, 0.15) is 11.5 Å². The molecule has 3 heterocycles. The van der Waals surface area contributed by atoms with Crippen LogP contribution in [0.2, 0.25) is 0 Å². The van der Waals surface area contributed by atoms with Crippen LogP contribution < -0.4 is 10.2 Å². The van der Waals surface area contributed by atoms with Gasteiger partial charge in [0.25, 0.3) is 5.91 Å². The van der Waals surface area contributed by atoms with Crippen molar-refractivity contribution >= 4 is 23.1 Å². The predicted octanol–water partition coefficient (Wildman–Crippen LogP) is 1.53. The Balaban J connectivity index is 1.54. The molecule has 0 spiro atoms. The number of nitrogens with zero attached hydrogens (tertiary/aromatic N) is 4. The van der Waals surface area contributed by atoms with Gasteiger partial charge in [0.05, 0.1) is 5.01 Å². The molecule has 1 aliphatic heterocycles. The maximum Gasteiger partial charge on any atom is 0.271 e. The summed E-state index contributed by atoms with van der Waals surface area (Å²) in [6.45, 7) is 6.48. The van der Waals surface area contributed by atoms with Crippen LogP contribution in [0.1, 0.15) is 21.1 Å². The first-order valence-corrected chi connectivity index (χ1v) is 8.58. The van der Waals surface area contributed by atoms with Crippen molar-refractivity contribution in [2.75, 3.05) is 38.1 Å². The second kappa shape index (κ2) is 7.06. The maximum absolute atomic E-state index is 12.0. The smallest absolute Gasteiger partial charge is 0.271 e. The molecule has 1 aliphatic rings. The van der Waals surface area contributed by atoms with Crippen molar-refractivity contribution in [3.63, 3.8) is 0 Å². The summed E-state index contributed by atoms with van der Waals surface area (Å²) in [7, 11) is 2.14. The van der Waals surface area contributed by atoms with Crippen molar-refractivity contribution in [3.05, 3.63) is 40.0 Å². The maximum atomic E-state index is 12.0. The Hall–Kier alpha value is -1.99. The summed E-state index contributed by atoms with van der Waals surface area (Å²) < 4.78 is 0. The summed E-state index contributed by atoms with van der Waals surface area (Å²) in [4.78, 5) is 25.3. The van der Waals surface area contributed by atoms with Crippen LogP contribution >= 0.6 is 11.3 Å². The van der Waals surface area contributed by atoms with E-state index in [9.17, 15) is 4.79 Å². The Morgan fingerprint density at radius 3 is 2.70 bits per heavy atom. The van der Waals surface area contributed by atoms with Crippen molar-refractivity contribution in [2.24, 2.45) is 0 Å². The number of hydrogen-bond acceptors (Lipinski definition) is 6. The molecule has 0 unspecified atom stereocenters. The average Bonchev–Trinajstić information content (AvgIpc) is 3.00. The molecule has 0 aliphatic carbocycles. The van der Waals surface area contributed by atoms with Gasteiger partial charge in [-0.25, -0.2) is 9.97 Å². The van der Waals surface area contributed by atoms with E-state index in [0.29, 0.717) is 12.2 Å². The van der Waals surface area contributed by atoms with E-state index in [1.807, 2.05) is 25.3 Å². The summed E-state index contributed by atoms with van der Waals surface area (Å²) in [5.41, 5.74) is 1.47. The number of anilines is 1. The largest absolute Gasteiger partial charge is 0.354 e. The predicted molar refractivity (Wildman–Crippen MR) is 92.0 cm³/mol. The van der Waals surface area contributed by atoms with E-state index >= 15 is 0 Å². The molecular weight excluding hydrogens is 310 g/mol. The number of carbonyl (C=O) groups is 1. The summed E-state index contributed by atoms with van der Waals surface area (Å²) >= 11 is 1.48. The second-order valence-corrected chi connectivity index (χ2v) is 6.81.